The van der Waals surface area contributed by atoms with Gasteiger partial charge in [-0.05, 0) is 15.9 Å². The molecule has 1 aromatic rings. The van der Waals surface area contributed by atoms with Crippen molar-refractivity contribution < 1.29 is 10.0 Å². The summed E-state index contributed by atoms with van der Waals surface area (Å²) in [5, 5.41) is 32.0. The van der Waals surface area contributed by atoms with Crippen LogP contribution in [0.3, 0.4) is 0 Å². The summed E-state index contributed by atoms with van der Waals surface area (Å²) in [6.45, 7) is 0. The van der Waals surface area contributed by atoms with Gasteiger partial charge in [-0.3, -0.25) is 0 Å². The molecule has 1 aliphatic rings. The van der Waals surface area contributed by atoms with Crippen LogP contribution in [0.1, 0.15) is 11.7 Å². The van der Waals surface area contributed by atoms with Gasteiger partial charge in [-0.15, -0.1) is 10.2 Å². The molecule has 0 saturated carbocycles. The number of nitrogens with zero attached hydrogens (tertiary/aromatic N) is 4. The smallest absolute Gasteiger partial charge is 0.423 e. The summed E-state index contributed by atoms with van der Waals surface area (Å²) in [6.07, 6.45) is -0.389. The molecule has 0 bridgehead atoms. The summed E-state index contributed by atoms with van der Waals surface area (Å²) in [5.74, 6) is 0. The molecule has 0 unspecified atom stereocenters. The lowest BCUT2D eigenvalue weighted by Crippen LogP contribution is -2.29. The summed E-state index contributed by atoms with van der Waals surface area (Å²) in [5.41, 5.74) is 1.25. The van der Waals surface area contributed by atoms with Crippen molar-refractivity contribution in [3.63, 3.8) is 0 Å². The van der Waals surface area contributed by atoms with Gasteiger partial charge < -0.3 is 10.0 Å². The second kappa shape index (κ2) is 3.65. The highest BCUT2D eigenvalue weighted by Crippen LogP contribution is 2.22. The van der Waals surface area contributed by atoms with Crippen LogP contribution in [-0.2, 0) is 0 Å². The first-order valence-corrected chi connectivity index (χ1v) is 4.03. The van der Waals surface area contributed by atoms with E-state index in [0.29, 0.717) is 5.46 Å². The van der Waals surface area contributed by atoms with Crippen molar-refractivity contribution in [1.29, 1.82) is 0 Å². The summed E-state index contributed by atoms with van der Waals surface area (Å²) >= 11 is 0. The second-order valence-electron chi connectivity index (χ2n) is 2.82. The Hall–Kier alpha value is -1.60. The molecule has 0 radical (unpaired) electrons. The van der Waals surface area contributed by atoms with Gasteiger partial charge in [0.2, 0.25) is 6.17 Å². The molecule has 0 aromatic heterocycles. The molecule has 2 rings (SSSR count). The SMILES string of the molecule is OB(O)c1ccc(C2N=NN=N2)cc1. The molecule has 6 nitrogen and oxygen atoms in total. The fourth-order valence-electron chi connectivity index (χ4n) is 1.14. The highest BCUT2D eigenvalue weighted by molar-refractivity contribution is 6.58. The predicted octanol–water partition coefficient (Wildman–Crippen LogP) is 0.198. The average Bonchev–Trinajstić information content (AvgIpc) is 2.71. The van der Waals surface area contributed by atoms with Gasteiger partial charge in [-0.2, -0.15) is 0 Å². The topological polar surface area (TPSA) is 89.9 Å². The Bertz CT molecular complexity index is 364. The molecular weight excluding hydrogens is 183 g/mol. The highest BCUT2D eigenvalue weighted by atomic mass is 16.4. The zero-order chi connectivity index (χ0) is 9.97. The second-order valence-corrected chi connectivity index (χ2v) is 2.82. The molecular formula is C7H7BN4O2. The van der Waals surface area contributed by atoms with Gasteiger partial charge in [-0.25, -0.2) is 0 Å². The van der Waals surface area contributed by atoms with E-state index in [1.54, 1.807) is 24.3 Å². The number of rotatable bonds is 2. The van der Waals surface area contributed by atoms with Crippen LogP contribution in [-0.4, -0.2) is 17.2 Å². The molecule has 1 heterocycles. The van der Waals surface area contributed by atoms with Crippen LogP contribution >= 0.6 is 0 Å². The Kier molecular flexibility index (Phi) is 2.34. The maximum Gasteiger partial charge on any atom is 0.488 e. The van der Waals surface area contributed by atoms with Crippen molar-refractivity contribution >= 4 is 12.6 Å². The lowest BCUT2D eigenvalue weighted by Gasteiger charge is -2.03. The average molecular weight is 190 g/mol. The van der Waals surface area contributed by atoms with Crippen LogP contribution < -0.4 is 5.46 Å². The summed E-state index contributed by atoms with van der Waals surface area (Å²) < 4.78 is 0. The standard InChI is InChI=1S/C7H7BN4O2/c13-8(14)6-3-1-5(2-4-6)7-9-11-12-10-7/h1-4,7,13-14H. The third-order valence-electron chi connectivity index (χ3n) is 1.89. The van der Waals surface area contributed by atoms with Gasteiger partial charge in [0.25, 0.3) is 0 Å². The quantitative estimate of drug-likeness (QED) is 0.652. The van der Waals surface area contributed by atoms with Crippen molar-refractivity contribution in [2.45, 2.75) is 6.17 Å². The Morgan fingerprint density at radius 1 is 1.00 bits per heavy atom. The van der Waals surface area contributed by atoms with E-state index < -0.39 is 7.12 Å². The van der Waals surface area contributed by atoms with Crippen LogP contribution in [0.25, 0.3) is 0 Å². The molecule has 0 atom stereocenters. The molecule has 2 N–H and O–H groups in total. The molecule has 0 amide bonds. The van der Waals surface area contributed by atoms with Crippen molar-refractivity contribution in [2.24, 2.45) is 20.7 Å². The van der Waals surface area contributed by atoms with E-state index in [1.807, 2.05) is 0 Å². The minimum Gasteiger partial charge on any atom is -0.423 e. The number of hydrogen-bond acceptors (Lipinski definition) is 6. The van der Waals surface area contributed by atoms with Crippen LogP contribution in [0.15, 0.2) is 44.9 Å². The van der Waals surface area contributed by atoms with Gasteiger partial charge in [-0.1, -0.05) is 24.3 Å². The van der Waals surface area contributed by atoms with Crippen molar-refractivity contribution in [1.82, 2.24) is 0 Å². The zero-order valence-corrected chi connectivity index (χ0v) is 7.15. The lowest BCUT2D eigenvalue weighted by molar-refractivity contribution is 0.426. The van der Waals surface area contributed by atoms with Crippen molar-refractivity contribution in [2.75, 3.05) is 0 Å². The molecule has 0 aliphatic carbocycles. The van der Waals surface area contributed by atoms with Gasteiger partial charge >= 0.3 is 7.12 Å². The lowest BCUT2D eigenvalue weighted by atomic mass is 9.80. The summed E-state index contributed by atoms with van der Waals surface area (Å²) in [6, 6.07) is 6.62. The molecule has 1 aromatic carbocycles. The number of benzene rings is 1. The molecule has 0 fully saturated rings. The van der Waals surface area contributed by atoms with Gasteiger partial charge in [0, 0.05) is 5.56 Å². The highest BCUT2D eigenvalue weighted by Gasteiger charge is 2.14. The summed E-state index contributed by atoms with van der Waals surface area (Å²) in [4.78, 5) is 0. The van der Waals surface area contributed by atoms with Crippen LogP contribution in [0.4, 0.5) is 0 Å². The molecule has 0 saturated heterocycles. The Morgan fingerprint density at radius 2 is 1.57 bits per heavy atom. The fourth-order valence-corrected chi connectivity index (χ4v) is 1.14. The molecule has 0 spiro atoms. The van der Waals surface area contributed by atoms with Crippen molar-refractivity contribution in [3.8, 4) is 0 Å². The summed E-state index contributed by atoms with van der Waals surface area (Å²) in [7, 11) is -1.45. The largest absolute Gasteiger partial charge is 0.488 e. The number of hydrogen-bond donors (Lipinski definition) is 2. The van der Waals surface area contributed by atoms with Crippen LogP contribution in [0, 0.1) is 0 Å². The Labute approximate surface area is 80.1 Å². The van der Waals surface area contributed by atoms with Gasteiger partial charge in [0.05, 0.1) is 0 Å². The molecule has 1 aliphatic heterocycles. The minimum atomic E-state index is -1.45. The van der Waals surface area contributed by atoms with Crippen molar-refractivity contribution in [3.05, 3.63) is 29.8 Å². The normalized spacial score (nSPS) is 15.0. The third kappa shape index (κ3) is 1.68. The monoisotopic (exact) mass is 190 g/mol. The van der Waals surface area contributed by atoms with E-state index in [9.17, 15) is 0 Å². The minimum absolute atomic E-state index is 0.389. The maximum atomic E-state index is 8.85. The van der Waals surface area contributed by atoms with Crippen LogP contribution in [0.5, 0.6) is 0 Å². The fraction of sp³-hybridized carbons (Fsp3) is 0.143. The van der Waals surface area contributed by atoms with Gasteiger partial charge in [0.15, 0.2) is 0 Å². The van der Waals surface area contributed by atoms with E-state index in [-0.39, 0.29) is 6.17 Å². The van der Waals surface area contributed by atoms with E-state index in [1.165, 1.54) is 0 Å². The Morgan fingerprint density at radius 3 is 2.07 bits per heavy atom. The predicted molar refractivity (Wildman–Crippen MR) is 48.7 cm³/mol. The Balaban J connectivity index is 2.21. The van der Waals surface area contributed by atoms with E-state index in [4.69, 9.17) is 10.0 Å². The van der Waals surface area contributed by atoms with Crippen LogP contribution in [0.2, 0.25) is 0 Å². The molecule has 70 valence electrons. The molecule has 7 heteroatoms. The zero-order valence-electron chi connectivity index (χ0n) is 7.15. The van der Waals surface area contributed by atoms with E-state index >= 15 is 0 Å². The first-order valence-electron chi connectivity index (χ1n) is 4.03. The third-order valence-corrected chi connectivity index (χ3v) is 1.89. The first kappa shape index (κ1) is 8.98. The van der Waals surface area contributed by atoms with E-state index in [2.05, 4.69) is 20.7 Å². The maximum absolute atomic E-state index is 8.85. The van der Waals surface area contributed by atoms with Gasteiger partial charge in [0.1, 0.15) is 0 Å². The first-order chi connectivity index (χ1) is 6.77. The molecule has 14 heavy (non-hydrogen) atoms. The van der Waals surface area contributed by atoms with E-state index in [0.717, 1.165) is 5.56 Å².